The minimum Gasteiger partial charge on any atom is -0.277 e. The van der Waals surface area contributed by atoms with Gasteiger partial charge in [0, 0.05) is 6.42 Å². The molecule has 0 aromatic rings. The standard InChI is InChI=1S/C6H13NO2S/c1-9-7-6(8)4-3-5-10-2/h3-5H2,1-2H3,(H,7,8). The third-order valence-electron chi connectivity index (χ3n) is 0.968. The van der Waals surface area contributed by atoms with Gasteiger partial charge in [0.15, 0.2) is 0 Å². The van der Waals surface area contributed by atoms with Gasteiger partial charge < -0.3 is 0 Å². The maximum absolute atomic E-state index is 10.7. The number of nitrogens with one attached hydrogen (secondary N) is 1. The van der Waals surface area contributed by atoms with Crippen LogP contribution in [0.5, 0.6) is 0 Å². The Kier molecular flexibility index (Phi) is 6.74. The minimum absolute atomic E-state index is 0.0449. The van der Waals surface area contributed by atoms with Crippen LogP contribution in [-0.4, -0.2) is 25.0 Å². The predicted octanol–water partition coefficient (Wildman–Crippen LogP) is 0.807. The molecule has 4 heteroatoms. The third-order valence-corrected chi connectivity index (χ3v) is 1.67. The number of hydrogen-bond donors (Lipinski definition) is 1. The van der Waals surface area contributed by atoms with Gasteiger partial charge in [-0.3, -0.25) is 9.63 Å². The highest BCUT2D eigenvalue weighted by Crippen LogP contribution is 1.98. The van der Waals surface area contributed by atoms with Gasteiger partial charge in [-0.15, -0.1) is 0 Å². The number of hydroxylamine groups is 1. The van der Waals surface area contributed by atoms with Crippen molar-refractivity contribution in [2.45, 2.75) is 12.8 Å². The molecule has 0 rings (SSSR count). The minimum atomic E-state index is -0.0449. The van der Waals surface area contributed by atoms with E-state index in [0.717, 1.165) is 12.2 Å². The number of amides is 1. The van der Waals surface area contributed by atoms with Gasteiger partial charge in [-0.25, -0.2) is 5.48 Å². The van der Waals surface area contributed by atoms with E-state index in [2.05, 4.69) is 10.3 Å². The topological polar surface area (TPSA) is 38.3 Å². The molecule has 0 saturated heterocycles. The lowest BCUT2D eigenvalue weighted by Crippen LogP contribution is -2.21. The number of thioether (sulfide) groups is 1. The summed E-state index contributed by atoms with van der Waals surface area (Å²) in [4.78, 5) is 15.1. The van der Waals surface area contributed by atoms with Crippen molar-refractivity contribution in [2.24, 2.45) is 0 Å². The lowest BCUT2D eigenvalue weighted by Gasteiger charge is -1.99. The van der Waals surface area contributed by atoms with Crippen LogP contribution < -0.4 is 5.48 Å². The van der Waals surface area contributed by atoms with Crippen LogP contribution in [0.25, 0.3) is 0 Å². The Hall–Kier alpha value is -0.220. The fraction of sp³-hybridized carbons (Fsp3) is 0.833. The Balaban J connectivity index is 3.05. The van der Waals surface area contributed by atoms with E-state index < -0.39 is 0 Å². The second kappa shape index (κ2) is 6.89. The lowest BCUT2D eigenvalue weighted by atomic mass is 10.3. The average molecular weight is 163 g/mol. The number of carbonyl (C=O) groups excluding carboxylic acids is 1. The zero-order chi connectivity index (χ0) is 7.82. The van der Waals surface area contributed by atoms with E-state index in [1.807, 2.05) is 6.26 Å². The Labute approximate surface area is 65.5 Å². The van der Waals surface area contributed by atoms with Gasteiger partial charge in [0.25, 0.3) is 0 Å². The molecule has 1 amide bonds. The van der Waals surface area contributed by atoms with E-state index in [1.165, 1.54) is 7.11 Å². The summed E-state index contributed by atoms with van der Waals surface area (Å²) < 4.78 is 0. The van der Waals surface area contributed by atoms with Crippen molar-refractivity contribution in [2.75, 3.05) is 19.1 Å². The van der Waals surface area contributed by atoms with Crippen molar-refractivity contribution in [3.05, 3.63) is 0 Å². The molecule has 0 spiro atoms. The fourth-order valence-electron chi connectivity index (χ4n) is 0.542. The second-order valence-corrected chi connectivity index (χ2v) is 2.81. The summed E-state index contributed by atoms with van der Waals surface area (Å²) in [5, 5.41) is 0. The fourth-order valence-corrected chi connectivity index (χ4v) is 0.975. The second-order valence-electron chi connectivity index (χ2n) is 1.83. The zero-order valence-corrected chi connectivity index (χ0v) is 7.16. The molecule has 60 valence electrons. The van der Waals surface area contributed by atoms with Crippen molar-refractivity contribution >= 4 is 17.7 Å². The molecule has 0 aliphatic carbocycles. The molecular weight excluding hydrogens is 150 g/mol. The largest absolute Gasteiger partial charge is 0.277 e. The smallest absolute Gasteiger partial charge is 0.243 e. The summed E-state index contributed by atoms with van der Waals surface area (Å²) in [7, 11) is 1.44. The molecule has 0 aromatic heterocycles. The molecular formula is C6H13NO2S. The predicted molar refractivity (Wildman–Crippen MR) is 42.8 cm³/mol. The molecule has 3 nitrogen and oxygen atoms in total. The van der Waals surface area contributed by atoms with Gasteiger partial charge in [-0.1, -0.05) is 0 Å². The lowest BCUT2D eigenvalue weighted by molar-refractivity contribution is -0.131. The Morgan fingerprint density at radius 1 is 1.70 bits per heavy atom. The highest BCUT2D eigenvalue weighted by Gasteiger charge is 1.97. The van der Waals surface area contributed by atoms with E-state index >= 15 is 0 Å². The van der Waals surface area contributed by atoms with Gasteiger partial charge in [0.2, 0.25) is 5.91 Å². The van der Waals surface area contributed by atoms with E-state index in [1.54, 1.807) is 11.8 Å². The van der Waals surface area contributed by atoms with E-state index in [0.29, 0.717) is 6.42 Å². The van der Waals surface area contributed by atoms with Crippen LogP contribution in [-0.2, 0) is 9.63 Å². The van der Waals surface area contributed by atoms with Crippen LogP contribution in [0.3, 0.4) is 0 Å². The van der Waals surface area contributed by atoms with Crippen molar-refractivity contribution in [3.8, 4) is 0 Å². The summed E-state index contributed by atoms with van der Waals surface area (Å²) in [6, 6.07) is 0. The first-order valence-electron chi connectivity index (χ1n) is 3.12. The van der Waals surface area contributed by atoms with Gasteiger partial charge in [-0.05, 0) is 18.4 Å². The molecule has 10 heavy (non-hydrogen) atoms. The van der Waals surface area contributed by atoms with Gasteiger partial charge in [0.1, 0.15) is 0 Å². The van der Waals surface area contributed by atoms with Crippen LogP contribution in [0.4, 0.5) is 0 Å². The molecule has 0 aliphatic rings. The molecule has 0 fully saturated rings. The van der Waals surface area contributed by atoms with Crippen molar-refractivity contribution in [1.82, 2.24) is 5.48 Å². The Morgan fingerprint density at radius 2 is 2.40 bits per heavy atom. The normalized spacial score (nSPS) is 9.40. The van der Waals surface area contributed by atoms with Crippen LogP contribution in [0.1, 0.15) is 12.8 Å². The highest BCUT2D eigenvalue weighted by atomic mass is 32.2. The molecule has 0 unspecified atom stereocenters. The van der Waals surface area contributed by atoms with Crippen LogP contribution in [0, 0.1) is 0 Å². The van der Waals surface area contributed by atoms with Crippen molar-refractivity contribution in [3.63, 3.8) is 0 Å². The quantitative estimate of drug-likeness (QED) is 0.481. The van der Waals surface area contributed by atoms with E-state index in [9.17, 15) is 4.79 Å². The first-order valence-corrected chi connectivity index (χ1v) is 4.51. The van der Waals surface area contributed by atoms with Gasteiger partial charge >= 0.3 is 0 Å². The van der Waals surface area contributed by atoms with Crippen LogP contribution in [0.2, 0.25) is 0 Å². The average Bonchev–Trinajstić information content (AvgIpc) is 1.89. The molecule has 0 saturated carbocycles. The van der Waals surface area contributed by atoms with E-state index in [-0.39, 0.29) is 5.91 Å². The molecule has 0 radical (unpaired) electrons. The zero-order valence-electron chi connectivity index (χ0n) is 6.35. The summed E-state index contributed by atoms with van der Waals surface area (Å²) in [5.41, 5.74) is 2.26. The molecule has 0 atom stereocenters. The molecule has 0 aliphatic heterocycles. The third kappa shape index (κ3) is 5.91. The number of rotatable bonds is 5. The monoisotopic (exact) mass is 163 g/mol. The van der Waals surface area contributed by atoms with Gasteiger partial charge in [0.05, 0.1) is 7.11 Å². The SMILES string of the molecule is CONC(=O)CCCSC. The maximum Gasteiger partial charge on any atom is 0.243 e. The molecule has 0 bridgehead atoms. The number of hydrogen-bond acceptors (Lipinski definition) is 3. The van der Waals surface area contributed by atoms with Crippen molar-refractivity contribution in [1.29, 1.82) is 0 Å². The van der Waals surface area contributed by atoms with E-state index in [4.69, 9.17) is 0 Å². The van der Waals surface area contributed by atoms with Crippen molar-refractivity contribution < 1.29 is 9.63 Å². The summed E-state index contributed by atoms with van der Waals surface area (Å²) in [6.45, 7) is 0. The highest BCUT2D eigenvalue weighted by molar-refractivity contribution is 7.98. The van der Waals surface area contributed by atoms with Crippen LogP contribution in [0.15, 0.2) is 0 Å². The van der Waals surface area contributed by atoms with Crippen LogP contribution >= 0.6 is 11.8 Å². The Morgan fingerprint density at radius 3 is 2.90 bits per heavy atom. The molecule has 1 N–H and O–H groups in total. The Bertz CT molecular complexity index is 97.7. The summed E-state index contributed by atoms with van der Waals surface area (Å²) in [6.07, 6.45) is 3.49. The summed E-state index contributed by atoms with van der Waals surface area (Å²) >= 11 is 1.74. The summed E-state index contributed by atoms with van der Waals surface area (Å²) in [5.74, 6) is 0.980. The number of carbonyl (C=O) groups is 1. The molecule has 0 aromatic carbocycles. The first-order chi connectivity index (χ1) is 4.81. The maximum atomic E-state index is 10.7. The first kappa shape index (κ1) is 9.78. The van der Waals surface area contributed by atoms with Gasteiger partial charge in [-0.2, -0.15) is 11.8 Å². The molecule has 0 heterocycles.